The molecule has 0 N–H and O–H groups in total. The second kappa shape index (κ2) is 4.62. The van der Waals surface area contributed by atoms with E-state index in [9.17, 15) is 4.39 Å². The zero-order chi connectivity index (χ0) is 12.4. The van der Waals surface area contributed by atoms with Gasteiger partial charge in [0.05, 0.1) is 0 Å². The molecule has 0 aromatic carbocycles. The van der Waals surface area contributed by atoms with Gasteiger partial charge in [0.1, 0.15) is 11.5 Å². The van der Waals surface area contributed by atoms with Crippen molar-refractivity contribution in [2.75, 3.05) is 0 Å². The fourth-order valence-electron chi connectivity index (χ4n) is 1.63. The van der Waals surface area contributed by atoms with E-state index in [2.05, 4.69) is 23.8 Å². The summed E-state index contributed by atoms with van der Waals surface area (Å²) in [6, 6.07) is 6.89. The van der Waals surface area contributed by atoms with E-state index in [-0.39, 0.29) is 5.82 Å². The van der Waals surface area contributed by atoms with Crippen LogP contribution in [-0.2, 0) is 0 Å². The van der Waals surface area contributed by atoms with Gasteiger partial charge in [-0.2, -0.15) is 0 Å². The monoisotopic (exact) mass is 230 g/mol. The van der Waals surface area contributed by atoms with Crippen molar-refractivity contribution >= 4 is 0 Å². The summed E-state index contributed by atoms with van der Waals surface area (Å²) >= 11 is 0. The molecular weight excluding hydrogens is 215 g/mol. The van der Waals surface area contributed by atoms with E-state index in [0.717, 1.165) is 17.0 Å². The highest BCUT2D eigenvalue weighted by atomic mass is 19.1. The maximum Gasteiger partial charge on any atom is 0.149 e. The molecule has 2 nitrogen and oxygen atoms in total. The number of nitrogens with zero attached hydrogens (tertiary/aromatic N) is 2. The van der Waals surface area contributed by atoms with E-state index in [1.807, 2.05) is 19.1 Å². The van der Waals surface area contributed by atoms with Gasteiger partial charge in [0.15, 0.2) is 0 Å². The maximum absolute atomic E-state index is 13.6. The summed E-state index contributed by atoms with van der Waals surface area (Å²) in [5, 5.41) is 0. The van der Waals surface area contributed by atoms with Crippen LogP contribution in [0, 0.1) is 12.7 Å². The minimum Gasteiger partial charge on any atom is -0.260 e. The second-order valence-electron chi connectivity index (χ2n) is 4.41. The summed E-state index contributed by atoms with van der Waals surface area (Å²) < 4.78 is 13.6. The molecule has 2 aromatic heterocycles. The molecule has 0 atom stereocenters. The number of rotatable bonds is 2. The van der Waals surface area contributed by atoms with E-state index < -0.39 is 0 Å². The highest BCUT2D eigenvalue weighted by Crippen LogP contribution is 2.21. The van der Waals surface area contributed by atoms with Crippen molar-refractivity contribution in [1.82, 2.24) is 9.97 Å². The Balaban J connectivity index is 2.43. The molecular formula is C14H15FN2. The summed E-state index contributed by atoms with van der Waals surface area (Å²) in [5.74, 6) is 0.0639. The first-order valence-electron chi connectivity index (χ1n) is 5.67. The molecule has 3 heteroatoms. The zero-order valence-electron chi connectivity index (χ0n) is 10.2. The van der Waals surface area contributed by atoms with Gasteiger partial charge in [0, 0.05) is 23.1 Å². The standard InChI is InChI=1S/C14H15FN2/c1-9(2)13-7-5-11(8-16-13)14-12(15)6-4-10(3)17-14/h4-9H,1-3H3. The van der Waals surface area contributed by atoms with Crippen molar-refractivity contribution in [1.29, 1.82) is 0 Å². The van der Waals surface area contributed by atoms with Gasteiger partial charge in [-0.3, -0.25) is 4.98 Å². The Morgan fingerprint density at radius 2 is 1.88 bits per heavy atom. The molecule has 2 heterocycles. The van der Waals surface area contributed by atoms with Gasteiger partial charge in [0.25, 0.3) is 0 Å². The number of hydrogen-bond donors (Lipinski definition) is 0. The molecule has 0 fully saturated rings. The number of pyridine rings is 2. The Kier molecular flexibility index (Phi) is 3.18. The van der Waals surface area contributed by atoms with Crippen molar-refractivity contribution in [2.45, 2.75) is 26.7 Å². The Morgan fingerprint density at radius 1 is 1.12 bits per heavy atom. The molecule has 0 bridgehead atoms. The van der Waals surface area contributed by atoms with E-state index in [1.54, 1.807) is 12.3 Å². The first-order chi connectivity index (χ1) is 8.08. The van der Waals surface area contributed by atoms with Crippen LogP contribution in [0.2, 0.25) is 0 Å². The van der Waals surface area contributed by atoms with Gasteiger partial charge in [-0.05, 0) is 37.1 Å². The maximum atomic E-state index is 13.6. The third-order valence-electron chi connectivity index (χ3n) is 2.64. The van der Waals surface area contributed by atoms with Crippen LogP contribution in [0.25, 0.3) is 11.3 Å². The summed E-state index contributed by atoms with van der Waals surface area (Å²) in [6.45, 7) is 6.00. The minimum atomic E-state index is -0.310. The smallest absolute Gasteiger partial charge is 0.149 e. The summed E-state index contributed by atoms with van der Waals surface area (Å²) in [5.41, 5.74) is 2.89. The molecule has 0 spiro atoms. The summed E-state index contributed by atoms with van der Waals surface area (Å²) in [4.78, 5) is 8.52. The van der Waals surface area contributed by atoms with Crippen LogP contribution >= 0.6 is 0 Å². The van der Waals surface area contributed by atoms with Crippen molar-refractivity contribution in [3.63, 3.8) is 0 Å². The van der Waals surface area contributed by atoms with Crippen LogP contribution in [0.4, 0.5) is 4.39 Å². The number of halogens is 1. The van der Waals surface area contributed by atoms with Crippen LogP contribution in [0.15, 0.2) is 30.5 Å². The molecule has 88 valence electrons. The second-order valence-corrected chi connectivity index (χ2v) is 4.41. The van der Waals surface area contributed by atoms with Gasteiger partial charge in [-0.1, -0.05) is 13.8 Å². The molecule has 0 saturated carbocycles. The minimum absolute atomic E-state index is 0.310. The number of aromatic nitrogens is 2. The third kappa shape index (κ3) is 2.49. The molecule has 0 amide bonds. The molecule has 2 rings (SSSR count). The predicted molar refractivity (Wildman–Crippen MR) is 66.3 cm³/mol. The molecule has 0 aliphatic rings. The molecule has 2 aromatic rings. The van der Waals surface area contributed by atoms with Crippen LogP contribution in [0.5, 0.6) is 0 Å². The Labute approximate surface area is 101 Å². The number of aryl methyl sites for hydroxylation is 1. The largest absolute Gasteiger partial charge is 0.260 e. The van der Waals surface area contributed by atoms with Crippen LogP contribution < -0.4 is 0 Å². The normalized spacial score (nSPS) is 10.9. The Hall–Kier alpha value is -1.77. The van der Waals surface area contributed by atoms with Crippen molar-refractivity contribution in [3.8, 4) is 11.3 Å². The SMILES string of the molecule is Cc1ccc(F)c(-c2ccc(C(C)C)nc2)n1. The zero-order valence-corrected chi connectivity index (χ0v) is 10.2. The predicted octanol–water partition coefficient (Wildman–Crippen LogP) is 3.71. The van der Waals surface area contributed by atoms with Gasteiger partial charge >= 0.3 is 0 Å². The first kappa shape index (κ1) is 11.7. The molecule has 0 radical (unpaired) electrons. The van der Waals surface area contributed by atoms with Crippen LogP contribution in [-0.4, -0.2) is 9.97 Å². The van der Waals surface area contributed by atoms with E-state index in [4.69, 9.17) is 0 Å². The topological polar surface area (TPSA) is 25.8 Å². The lowest BCUT2D eigenvalue weighted by atomic mass is 10.1. The highest BCUT2D eigenvalue weighted by molar-refractivity contribution is 5.58. The van der Waals surface area contributed by atoms with Gasteiger partial charge < -0.3 is 0 Å². The van der Waals surface area contributed by atoms with Gasteiger partial charge in [-0.25, -0.2) is 9.37 Å². The Morgan fingerprint density at radius 3 is 2.47 bits per heavy atom. The van der Waals surface area contributed by atoms with Gasteiger partial charge in [-0.15, -0.1) is 0 Å². The van der Waals surface area contributed by atoms with Crippen molar-refractivity contribution in [2.24, 2.45) is 0 Å². The lowest BCUT2D eigenvalue weighted by molar-refractivity contribution is 0.624. The lowest BCUT2D eigenvalue weighted by Crippen LogP contribution is -1.95. The third-order valence-corrected chi connectivity index (χ3v) is 2.64. The average molecular weight is 230 g/mol. The molecule has 0 saturated heterocycles. The van der Waals surface area contributed by atoms with Crippen LogP contribution in [0.3, 0.4) is 0 Å². The van der Waals surface area contributed by atoms with Gasteiger partial charge in [0.2, 0.25) is 0 Å². The fourth-order valence-corrected chi connectivity index (χ4v) is 1.63. The van der Waals surface area contributed by atoms with E-state index >= 15 is 0 Å². The van der Waals surface area contributed by atoms with Crippen LogP contribution in [0.1, 0.15) is 31.2 Å². The molecule has 0 aliphatic heterocycles. The fraction of sp³-hybridized carbons (Fsp3) is 0.286. The molecule has 0 unspecified atom stereocenters. The number of hydrogen-bond acceptors (Lipinski definition) is 2. The van der Waals surface area contributed by atoms with Crippen molar-refractivity contribution in [3.05, 3.63) is 47.7 Å². The van der Waals surface area contributed by atoms with E-state index in [0.29, 0.717) is 11.6 Å². The molecule has 0 aliphatic carbocycles. The quantitative estimate of drug-likeness (QED) is 0.785. The first-order valence-corrected chi connectivity index (χ1v) is 5.67. The summed E-state index contributed by atoms with van der Waals surface area (Å²) in [7, 11) is 0. The molecule has 17 heavy (non-hydrogen) atoms. The average Bonchev–Trinajstić information content (AvgIpc) is 2.32. The lowest BCUT2D eigenvalue weighted by Gasteiger charge is -2.06. The summed E-state index contributed by atoms with van der Waals surface area (Å²) in [6.07, 6.45) is 1.68. The highest BCUT2D eigenvalue weighted by Gasteiger charge is 2.08. The van der Waals surface area contributed by atoms with Crippen molar-refractivity contribution < 1.29 is 4.39 Å². The van der Waals surface area contributed by atoms with E-state index in [1.165, 1.54) is 6.07 Å². The Bertz CT molecular complexity index is 518.